The van der Waals surface area contributed by atoms with Gasteiger partial charge in [-0.25, -0.2) is 28.1 Å². The van der Waals surface area contributed by atoms with Crippen LogP contribution < -0.4 is 17.1 Å². The summed E-state index contributed by atoms with van der Waals surface area (Å²) in [6.45, 7) is 0.130. The number of hydrogen-bond acceptors (Lipinski definition) is 3. The Morgan fingerprint density at radius 3 is 1.56 bits per heavy atom. The molecule has 0 fully saturated rings. The van der Waals surface area contributed by atoms with Crippen molar-refractivity contribution < 1.29 is 0 Å². The summed E-state index contributed by atoms with van der Waals surface area (Å²) in [6, 6.07) is 0. The maximum atomic E-state index is 11.7. The van der Waals surface area contributed by atoms with Crippen LogP contribution in [0.15, 0.2) is 14.4 Å². The first-order valence-electron chi connectivity index (χ1n) is 4.57. The summed E-state index contributed by atoms with van der Waals surface area (Å²) in [7, 11) is 1.31. The predicted octanol–water partition coefficient (Wildman–Crippen LogP) is -0.814. The molecule has 0 N–H and O–H groups in total. The zero-order chi connectivity index (χ0) is 12.3. The van der Waals surface area contributed by atoms with Gasteiger partial charge < -0.3 is 0 Å². The molecule has 0 saturated carbocycles. The average molecular weight is 268 g/mol. The summed E-state index contributed by atoms with van der Waals surface area (Å²) in [6.07, 6.45) is 0. The Balaban J connectivity index is 3.59. The molecule has 0 aliphatic rings. The number of aromatic nitrogens is 3. The zero-order valence-corrected chi connectivity index (χ0v) is 10.2. The molecule has 1 rings (SSSR count). The third-order valence-electron chi connectivity index (χ3n) is 2.11. The second-order valence-electron chi connectivity index (χ2n) is 3.09. The van der Waals surface area contributed by atoms with E-state index >= 15 is 0 Å². The van der Waals surface area contributed by atoms with Crippen molar-refractivity contribution in [2.24, 2.45) is 7.05 Å². The first kappa shape index (κ1) is 13.1. The molecule has 90 valence electrons. The van der Waals surface area contributed by atoms with Crippen molar-refractivity contribution >= 4 is 23.2 Å². The van der Waals surface area contributed by atoms with Gasteiger partial charge in [0.2, 0.25) is 0 Å². The monoisotopic (exact) mass is 267 g/mol. The van der Waals surface area contributed by atoms with Crippen LogP contribution in [0.3, 0.4) is 0 Å². The van der Waals surface area contributed by atoms with Gasteiger partial charge in [0.15, 0.2) is 0 Å². The number of alkyl halides is 2. The average Bonchev–Trinajstić information content (AvgIpc) is 2.28. The lowest BCUT2D eigenvalue weighted by Gasteiger charge is -2.09. The summed E-state index contributed by atoms with van der Waals surface area (Å²) in [5.74, 6) is 0.239. The molecule has 1 aromatic heterocycles. The summed E-state index contributed by atoms with van der Waals surface area (Å²) in [5, 5.41) is 0. The van der Waals surface area contributed by atoms with Crippen LogP contribution in [0.4, 0.5) is 0 Å². The van der Waals surface area contributed by atoms with Crippen LogP contribution in [-0.2, 0) is 20.1 Å². The highest BCUT2D eigenvalue weighted by Crippen LogP contribution is 1.80. The number of halogens is 2. The maximum Gasteiger partial charge on any atom is 0.336 e. The van der Waals surface area contributed by atoms with Crippen LogP contribution in [0.1, 0.15) is 0 Å². The maximum absolute atomic E-state index is 11.7. The van der Waals surface area contributed by atoms with E-state index in [2.05, 4.69) is 0 Å². The van der Waals surface area contributed by atoms with Gasteiger partial charge in [-0.2, -0.15) is 0 Å². The van der Waals surface area contributed by atoms with E-state index in [1.165, 1.54) is 7.05 Å². The third kappa shape index (κ3) is 2.22. The predicted molar refractivity (Wildman–Crippen MR) is 61.6 cm³/mol. The molecule has 0 aliphatic carbocycles. The van der Waals surface area contributed by atoms with E-state index in [-0.39, 0.29) is 24.8 Å². The Hall–Kier alpha value is -1.01. The number of rotatable bonds is 4. The third-order valence-corrected chi connectivity index (χ3v) is 2.45. The molecule has 0 unspecified atom stereocenters. The summed E-state index contributed by atoms with van der Waals surface area (Å²) < 4.78 is 2.70. The molecule has 1 aromatic rings. The van der Waals surface area contributed by atoms with E-state index in [9.17, 15) is 14.4 Å². The Morgan fingerprint density at radius 1 is 0.875 bits per heavy atom. The van der Waals surface area contributed by atoms with Crippen molar-refractivity contribution in [3.63, 3.8) is 0 Å². The lowest BCUT2D eigenvalue weighted by molar-refractivity contribution is 0.496. The van der Waals surface area contributed by atoms with Gasteiger partial charge in [0, 0.05) is 31.9 Å². The second kappa shape index (κ2) is 5.36. The van der Waals surface area contributed by atoms with E-state index in [1.807, 2.05) is 0 Å². The molecule has 0 aromatic carbocycles. The topological polar surface area (TPSA) is 66.0 Å². The van der Waals surface area contributed by atoms with Gasteiger partial charge >= 0.3 is 17.1 Å². The van der Waals surface area contributed by atoms with Gasteiger partial charge in [-0.1, -0.05) is 0 Å². The van der Waals surface area contributed by atoms with Gasteiger partial charge in [-0.05, 0) is 0 Å². The van der Waals surface area contributed by atoms with Crippen molar-refractivity contribution in [3.05, 3.63) is 31.5 Å². The molecule has 0 aliphatic heterocycles. The molecule has 0 bridgehead atoms. The van der Waals surface area contributed by atoms with E-state index < -0.39 is 17.1 Å². The molecular formula is C8H11Cl2N3O3. The van der Waals surface area contributed by atoms with Crippen LogP contribution in [0.2, 0.25) is 0 Å². The summed E-state index contributed by atoms with van der Waals surface area (Å²) in [4.78, 5) is 34.9. The molecule has 0 atom stereocenters. The van der Waals surface area contributed by atoms with Gasteiger partial charge in [0.05, 0.1) is 0 Å². The summed E-state index contributed by atoms with van der Waals surface area (Å²) >= 11 is 11.0. The Kier molecular flexibility index (Phi) is 4.37. The first-order chi connectivity index (χ1) is 7.54. The number of nitrogens with zero attached hydrogens (tertiary/aromatic N) is 3. The lowest BCUT2D eigenvalue weighted by atomic mass is 10.6. The molecule has 1 heterocycles. The van der Waals surface area contributed by atoms with Crippen molar-refractivity contribution in [2.45, 2.75) is 13.1 Å². The van der Waals surface area contributed by atoms with Gasteiger partial charge in [-0.3, -0.25) is 0 Å². The van der Waals surface area contributed by atoms with Gasteiger partial charge in [-0.15, -0.1) is 23.2 Å². The number of hydrogen-bond donors (Lipinski definition) is 0. The summed E-state index contributed by atoms with van der Waals surface area (Å²) in [5.41, 5.74) is -2.00. The lowest BCUT2D eigenvalue weighted by Crippen LogP contribution is -2.54. The van der Waals surface area contributed by atoms with E-state index in [0.717, 1.165) is 13.7 Å². The van der Waals surface area contributed by atoms with Crippen LogP contribution in [0.25, 0.3) is 0 Å². The Bertz CT molecular complexity index is 499. The van der Waals surface area contributed by atoms with E-state index in [0.29, 0.717) is 0 Å². The molecule has 0 saturated heterocycles. The van der Waals surface area contributed by atoms with Crippen LogP contribution in [0, 0.1) is 0 Å². The van der Waals surface area contributed by atoms with Crippen molar-refractivity contribution in [2.75, 3.05) is 11.8 Å². The smallest absolute Gasteiger partial charge is 0.248 e. The van der Waals surface area contributed by atoms with E-state index in [1.54, 1.807) is 0 Å². The molecular weight excluding hydrogens is 257 g/mol. The van der Waals surface area contributed by atoms with Crippen LogP contribution in [0.5, 0.6) is 0 Å². The molecule has 0 radical (unpaired) electrons. The van der Waals surface area contributed by atoms with Crippen molar-refractivity contribution in [3.8, 4) is 0 Å². The van der Waals surface area contributed by atoms with Gasteiger partial charge in [0.25, 0.3) is 0 Å². The minimum Gasteiger partial charge on any atom is -0.248 e. The van der Waals surface area contributed by atoms with Crippen molar-refractivity contribution in [1.82, 2.24) is 13.7 Å². The largest absolute Gasteiger partial charge is 0.336 e. The highest BCUT2D eigenvalue weighted by molar-refractivity contribution is 6.18. The second-order valence-corrected chi connectivity index (χ2v) is 3.84. The highest BCUT2D eigenvalue weighted by Gasteiger charge is 2.11. The Morgan fingerprint density at radius 2 is 1.25 bits per heavy atom. The minimum atomic E-state index is -0.672. The van der Waals surface area contributed by atoms with Crippen molar-refractivity contribution in [1.29, 1.82) is 0 Å². The fourth-order valence-corrected chi connectivity index (χ4v) is 1.64. The van der Waals surface area contributed by atoms with Crippen LogP contribution >= 0.6 is 23.2 Å². The first-order valence-corrected chi connectivity index (χ1v) is 5.64. The molecule has 6 nitrogen and oxygen atoms in total. The quantitative estimate of drug-likeness (QED) is 0.670. The molecule has 8 heteroatoms. The zero-order valence-electron chi connectivity index (χ0n) is 8.65. The molecule has 0 amide bonds. The fraction of sp³-hybridized carbons (Fsp3) is 0.625. The SMILES string of the molecule is Cn1c(=O)n(CCCl)c(=O)n(CCCl)c1=O. The normalized spacial score (nSPS) is 10.7. The molecule has 16 heavy (non-hydrogen) atoms. The Labute approximate surface area is 101 Å². The standard InChI is InChI=1S/C8H11Cl2N3O3/c1-11-6(14)12(4-2-9)8(16)13(5-3-10)7(11)15/h2-5H2,1H3. The molecule has 0 spiro atoms. The van der Waals surface area contributed by atoms with E-state index in [4.69, 9.17) is 23.2 Å². The fourth-order valence-electron chi connectivity index (χ4n) is 1.30. The minimum absolute atomic E-state index is 0.0651. The van der Waals surface area contributed by atoms with Crippen LogP contribution in [-0.4, -0.2) is 25.5 Å². The van der Waals surface area contributed by atoms with Gasteiger partial charge in [0.1, 0.15) is 0 Å². The highest BCUT2D eigenvalue weighted by atomic mass is 35.5.